The number of nitro benzene ring substituents is 1. The van der Waals surface area contributed by atoms with Gasteiger partial charge in [-0.15, -0.1) is 0 Å². The molecule has 1 aromatic rings. The second-order valence-corrected chi connectivity index (χ2v) is 6.71. The van der Waals surface area contributed by atoms with Crippen LogP contribution in [0.2, 0.25) is 0 Å². The van der Waals surface area contributed by atoms with E-state index in [4.69, 9.17) is 0 Å². The van der Waals surface area contributed by atoms with E-state index in [0.717, 1.165) is 18.9 Å². The fourth-order valence-electron chi connectivity index (χ4n) is 3.45. The molecule has 0 amide bonds. The van der Waals surface area contributed by atoms with Gasteiger partial charge in [0.25, 0.3) is 5.69 Å². The van der Waals surface area contributed by atoms with E-state index in [1.807, 2.05) is 0 Å². The SMILES string of the molecule is CC1CC(Nc2cc(F)cc([N+](=O)[O-])c2)CC(C)(C)C1. The van der Waals surface area contributed by atoms with E-state index in [1.165, 1.54) is 18.6 Å². The number of rotatable bonds is 3. The third-order valence-corrected chi connectivity index (χ3v) is 3.85. The Morgan fingerprint density at radius 1 is 1.35 bits per heavy atom. The molecule has 2 atom stereocenters. The standard InChI is InChI=1S/C15H21FN2O2/c1-10-4-13(9-15(2,3)8-10)17-12-5-11(16)6-14(7-12)18(19)20/h5-7,10,13,17H,4,8-9H2,1-3H3. The summed E-state index contributed by atoms with van der Waals surface area (Å²) >= 11 is 0. The molecule has 0 aromatic heterocycles. The molecule has 0 saturated heterocycles. The molecule has 0 aliphatic heterocycles. The van der Waals surface area contributed by atoms with Crippen molar-refractivity contribution in [1.29, 1.82) is 0 Å². The molecule has 4 nitrogen and oxygen atoms in total. The average molecular weight is 280 g/mol. The zero-order chi connectivity index (χ0) is 14.9. The first kappa shape index (κ1) is 14.8. The molecule has 0 spiro atoms. The fourth-order valence-corrected chi connectivity index (χ4v) is 3.45. The predicted molar refractivity (Wildman–Crippen MR) is 77.3 cm³/mol. The van der Waals surface area contributed by atoms with Gasteiger partial charge in [0.15, 0.2) is 0 Å². The maximum atomic E-state index is 13.4. The minimum Gasteiger partial charge on any atom is -0.382 e. The zero-order valence-electron chi connectivity index (χ0n) is 12.1. The Morgan fingerprint density at radius 3 is 2.65 bits per heavy atom. The normalized spacial score (nSPS) is 25.2. The van der Waals surface area contributed by atoms with Gasteiger partial charge in [0.05, 0.1) is 11.0 Å². The number of anilines is 1. The summed E-state index contributed by atoms with van der Waals surface area (Å²) < 4.78 is 13.4. The molecule has 2 rings (SSSR count). The fraction of sp³-hybridized carbons (Fsp3) is 0.600. The molecule has 20 heavy (non-hydrogen) atoms. The van der Waals surface area contributed by atoms with Crippen molar-refractivity contribution >= 4 is 11.4 Å². The molecule has 0 bridgehead atoms. The topological polar surface area (TPSA) is 55.2 Å². The third kappa shape index (κ3) is 3.68. The lowest BCUT2D eigenvalue weighted by molar-refractivity contribution is -0.385. The first-order chi connectivity index (χ1) is 9.25. The number of nitro groups is 1. The van der Waals surface area contributed by atoms with Crippen LogP contribution in [0.25, 0.3) is 0 Å². The number of hydrogen-bond acceptors (Lipinski definition) is 3. The highest BCUT2D eigenvalue weighted by Crippen LogP contribution is 2.39. The predicted octanol–water partition coefficient (Wildman–Crippen LogP) is 4.36. The first-order valence-electron chi connectivity index (χ1n) is 6.97. The summed E-state index contributed by atoms with van der Waals surface area (Å²) in [5.74, 6) is 0.0182. The highest BCUT2D eigenvalue weighted by Gasteiger charge is 2.32. The Kier molecular flexibility index (Phi) is 3.97. The Hall–Kier alpha value is -1.65. The van der Waals surface area contributed by atoms with Gasteiger partial charge in [-0.1, -0.05) is 20.8 Å². The summed E-state index contributed by atoms with van der Waals surface area (Å²) in [5, 5.41) is 14.0. The van der Waals surface area contributed by atoms with E-state index in [-0.39, 0.29) is 17.1 Å². The van der Waals surface area contributed by atoms with Crippen LogP contribution in [-0.2, 0) is 0 Å². The van der Waals surface area contributed by atoms with Gasteiger partial charge in [0, 0.05) is 17.8 Å². The first-order valence-corrected chi connectivity index (χ1v) is 6.97. The molecule has 1 saturated carbocycles. The monoisotopic (exact) mass is 280 g/mol. The van der Waals surface area contributed by atoms with Gasteiger partial charge < -0.3 is 5.32 Å². The number of hydrogen-bond donors (Lipinski definition) is 1. The maximum absolute atomic E-state index is 13.4. The summed E-state index contributed by atoms with van der Waals surface area (Å²) in [6, 6.07) is 3.89. The second kappa shape index (κ2) is 5.38. The van der Waals surface area contributed by atoms with Gasteiger partial charge >= 0.3 is 0 Å². The van der Waals surface area contributed by atoms with Gasteiger partial charge in [-0.2, -0.15) is 0 Å². The van der Waals surface area contributed by atoms with Crippen LogP contribution >= 0.6 is 0 Å². The van der Waals surface area contributed by atoms with Crippen LogP contribution in [0.3, 0.4) is 0 Å². The van der Waals surface area contributed by atoms with Crippen molar-refractivity contribution in [3.05, 3.63) is 34.1 Å². The molecule has 1 fully saturated rings. The summed E-state index contributed by atoms with van der Waals surface area (Å²) in [6.45, 7) is 6.67. The summed E-state index contributed by atoms with van der Waals surface area (Å²) in [5.41, 5.74) is 0.524. The highest BCUT2D eigenvalue weighted by molar-refractivity contribution is 5.52. The van der Waals surface area contributed by atoms with Crippen molar-refractivity contribution in [2.24, 2.45) is 11.3 Å². The molecule has 0 heterocycles. The van der Waals surface area contributed by atoms with Gasteiger partial charge in [-0.05, 0) is 36.7 Å². The van der Waals surface area contributed by atoms with Crippen molar-refractivity contribution < 1.29 is 9.31 Å². The number of halogens is 1. The van der Waals surface area contributed by atoms with E-state index in [0.29, 0.717) is 11.6 Å². The lowest BCUT2D eigenvalue weighted by Gasteiger charge is -2.39. The smallest absolute Gasteiger partial charge is 0.274 e. The maximum Gasteiger partial charge on any atom is 0.274 e. The summed E-state index contributed by atoms with van der Waals surface area (Å²) in [7, 11) is 0. The minimum absolute atomic E-state index is 0.212. The molecular weight excluding hydrogens is 259 g/mol. The molecule has 110 valence electrons. The Labute approximate surface area is 118 Å². The van der Waals surface area contributed by atoms with Crippen molar-refractivity contribution in [2.45, 2.75) is 46.1 Å². The third-order valence-electron chi connectivity index (χ3n) is 3.85. The molecule has 2 unspecified atom stereocenters. The van der Waals surface area contributed by atoms with Crippen LogP contribution in [-0.4, -0.2) is 11.0 Å². The number of nitrogens with zero attached hydrogens (tertiary/aromatic N) is 1. The molecule has 1 aliphatic carbocycles. The Morgan fingerprint density at radius 2 is 2.05 bits per heavy atom. The van der Waals surface area contributed by atoms with Crippen LogP contribution in [0.15, 0.2) is 18.2 Å². The van der Waals surface area contributed by atoms with Crippen LogP contribution in [0.1, 0.15) is 40.0 Å². The summed E-state index contributed by atoms with van der Waals surface area (Å²) in [4.78, 5) is 10.2. The molecule has 1 N–H and O–H groups in total. The van der Waals surface area contributed by atoms with E-state index >= 15 is 0 Å². The molecule has 0 radical (unpaired) electrons. The largest absolute Gasteiger partial charge is 0.382 e. The number of benzene rings is 1. The lowest BCUT2D eigenvalue weighted by atomic mass is 9.70. The molecule has 1 aromatic carbocycles. The van der Waals surface area contributed by atoms with Crippen molar-refractivity contribution in [3.8, 4) is 0 Å². The van der Waals surface area contributed by atoms with E-state index < -0.39 is 10.7 Å². The van der Waals surface area contributed by atoms with Crippen LogP contribution < -0.4 is 5.32 Å². The van der Waals surface area contributed by atoms with Crippen molar-refractivity contribution in [3.63, 3.8) is 0 Å². The Bertz CT molecular complexity index is 517. The second-order valence-electron chi connectivity index (χ2n) is 6.71. The van der Waals surface area contributed by atoms with Gasteiger partial charge in [-0.25, -0.2) is 4.39 Å². The molecule has 5 heteroatoms. The highest BCUT2D eigenvalue weighted by atomic mass is 19.1. The number of nitrogens with one attached hydrogen (secondary N) is 1. The quantitative estimate of drug-likeness (QED) is 0.661. The van der Waals surface area contributed by atoms with Gasteiger partial charge in [0.2, 0.25) is 0 Å². The van der Waals surface area contributed by atoms with E-state index in [1.54, 1.807) is 0 Å². The minimum atomic E-state index is -0.579. The Balaban J connectivity index is 2.15. The average Bonchev–Trinajstić information content (AvgIpc) is 2.24. The van der Waals surface area contributed by atoms with E-state index in [9.17, 15) is 14.5 Å². The van der Waals surface area contributed by atoms with E-state index in [2.05, 4.69) is 26.1 Å². The number of non-ortho nitro benzene ring substituents is 1. The van der Waals surface area contributed by atoms with Crippen molar-refractivity contribution in [2.75, 3.05) is 5.32 Å². The lowest BCUT2D eigenvalue weighted by Crippen LogP contribution is -2.35. The van der Waals surface area contributed by atoms with Crippen LogP contribution in [0, 0.1) is 27.3 Å². The molecule has 1 aliphatic rings. The van der Waals surface area contributed by atoms with Gasteiger partial charge in [-0.3, -0.25) is 10.1 Å². The zero-order valence-corrected chi connectivity index (χ0v) is 12.1. The summed E-state index contributed by atoms with van der Waals surface area (Å²) in [6.07, 6.45) is 3.17. The van der Waals surface area contributed by atoms with Gasteiger partial charge in [0.1, 0.15) is 5.82 Å². The molecular formula is C15H21FN2O2. The van der Waals surface area contributed by atoms with Crippen LogP contribution in [0.5, 0.6) is 0 Å². The van der Waals surface area contributed by atoms with Crippen molar-refractivity contribution in [1.82, 2.24) is 0 Å². The van der Waals surface area contributed by atoms with Crippen LogP contribution in [0.4, 0.5) is 15.8 Å².